The number of ether oxygens (including phenoxy) is 9. The summed E-state index contributed by atoms with van der Waals surface area (Å²) in [6.07, 6.45) is -18.2. The van der Waals surface area contributed by atoms with Gasteiger partial charge in [-0.2, -0.15) is 4.89 Å². The Kier molecular flexibility index (Phi) is 20.5. The van der Waals surface area contributed by atoms with Crippen LogP contribution in [0.5, 0.6) is 0 Å². The lowest BCUT2D eigenvalue weighted by atomic mass is 9.88. The van der Waals surface area contributed by atoms with E-state index in [1.165, 1.54) is 73.9 Å². The number of carbonyl (C=O) groups excluding carboxylic acids is 8. The molecule has 0 bridgehead atoms. The molecule has 386 valence electrons. The van der Waals surface area contributed by atoms with Gasteiger partial charge in [0.05, 0.1) is 30.7 Å². The summed E-state index contributed by atoms with van der Waals surface area (Å²) >= 11 is 0. The van der Waals surface area contributed by atoms with E-state index in [2.05, 4.69) is 5.32 Å². The van der Waals surface area contributed by atoms with Crippen LogP contribution in [0, 0.1) is 0 Å². The summed E-state index contributed by atoms with van der Waals surface area (Å²) in [4.78, 5) is 116. The maximum Gasteiger partial charge on any atom is 0.369 e. The normalized spacial score (nSPS) is 25.3. The van der Waals surface area contributed by atoms with E-state index >= 15 is 0 Å². The van der Waals surface area contributed by atoms with Gasteiger partial charge in [-0.05, 0) is 52.5 Å². The van der Waals surface area contributed by atoms with Crippen molar-refractivity contribution in [1.82, 2.24) is 14.7 Å². The predicted octanol–water partition coefficient (Wildman–Crippen LogP) is 1.24. The number of aliphatic hydroxyl groups excluding tert-OH is 1. The zero-order valence-electron chi connectivity index (χ0n) is 40.0. The smallest absolute Gasteiger partial charge is 0.369 e. The van der Waals surface area contributed by atoms with E-state index in [4.69, 9.17) is 56.9 Å². The molecule has 2 fully saturated rings. The van der Waals surface area contributed by atoms with Gasteiger partial charge in [0.25, 0.3) is 0 Å². The number of carbonyl (C=O) groups is 8. The SMILES string of the molecule is COC(=O)[C@]1(OO[C@@H]2[C@H](O)[C@@H](OC(=O)c3ccccc3)[C@H](OP(=O)(N(C)C)N(C)C)O[C@@H]2COC(=O)c2ccccc2)C[C@H](OC(C)=O)[C@@H](NC(C)=O)[C@H]([C@H](OC(C)=O)[C@@H](COC(C)=O)OC(C)=O)O1. The monoisotopic (exact) mass is 1010 g/mol. The van der Waals surface area contributed by atoms with Crippen molar-refractivity contribution in [2.45, 2.75) is 108 Å². The van der Waals surface area contributed by atoms with E-state index in [1.54, 1.807) is 24.3 Å². The Labute approximate surface area is 402 Å². The summed E-state index contributed by atoms with van der Waals surface area (Å²) in [6, 6.07) is 13.5. The lowest BCUT2D eigenvalue weighted by Crippen LogP contribution is -2.69. The summed E-state index contributed by atoms with van der Waals surface area (Å²) in [7, 11) is 2.48. The lowest BCUT2D eigenvalue weighted by Gasteiger charge is -2.49. The van der Waals surface area contributed by atoms with Crippen LogP contribution >= 0.6 is 7.67 Å². The molecule has 26 heteroatoms. The average molecular weight is 1010 g/mol. The van der Waals surface area contributed by atoms with Gasteiger partial charge < -0.3 is 53.1 Å². The highest BCUT2D eigenvalue weighted by Crippen LogP contribution is 2.53. The van der Waals surface area contributed by atoms with E-state index in [1.807, 2.05) is 0 Å². The van der Waals surface area contributed by atoms with Crippen LogP contribution in [-0.4, -0.2) is 178 Å². The highest BCUT2D eigenvalue weighted by Gasteiger charge is 2.62. The number of rotatable bonds is 21. The second kappa shape index (κ2) is 25.3. The van der Waals surface area contributed by atoms with E-state index < -0.39 is 142 Å². The Hall–Kier alpha value is -5.89. The number of hydrogen-bond acceptors (Lipinski definition) is 22. The topological polar surface area (TPSA) is 303 Å². The average Bonchev–Trinajstić information content (AvgIpc) is 3.29. The molecule has 0 aromatic heterocycles. The number of aliphatic hydroxyl groups is 1. The van der Waals surface area contributed by atoms with Crippen molar-refractivity contribution in [3.8, 4) is 0 Å². The molecule has 2 aromatic rings. The molecule has 2 aliphatic heterocycles. The summed E-state index contributed by atoms with van der Waals surface area (Å²) < 4.78 is 73.4. The minimum atomic E-state index is -4.09. The van der Waals surface area contributed by atoms with Gasteiger partial charge >= 0.3 is 55.2 Å². The molecule has 0 aliphatic carbocycles. The van der Waals surface area contributed by atoms with Crippen LogP contribution in [0.2, 0.25) is 0 Å². The van der Waals surface area contributed by atoms with Crippen LogP contribution < -0.4 is 5.32 Å². The van der Waals surface area contributed by atoms with Gasteiger partial charge in [-0.3, -0.25) is 33.1 Å². The van der Waals surface area contributed by atoms with Gasteiger partial charge in [0.2, 0.25) is 12.2 Å². The molecule has 0 saturated carbocycles. The van der Waals surface area contributed by atoms with Crippen molar-refractivity contribution in [3.63, 3.8) is 0 Å². The first kappa shape index (κ1) is 56.7. The number of amides is 1. The predicted molar refractivity (Wildman–Crippen MR) is 234 cm³/mol. The summed E-state index contributed by atoms with van der Waals surface area (Å²) in [6.45, 7) is 3.39. The summed E-state index contributed by atoms with van der Waals surface area (Å²) in [5.41, 5.74) is 0.0727. The third-order valence-electron chi connectivity index (χ3n) is 10.3. The van der Waals surface area contributed by atoms with E-state index in [9.17, 15) is 48.0 Å². The molecule has 0 radical (unpaired) electrons. The fraction of sp³-hybridized carbons (Fsp3) is 0.545. The first-order valence-electron chi connectivity index (χ1n) is 21.4. The Morgan fingerprint density at radius 2 is 1.34 bits per heavy atom. The second-order valence-corrected chi connectivity index (χ2v) is 18.9. The third-order valence-corrected chi connectivity index (χ3v) is 12.8. The Bertz CT molecular complexity index is 2200. The number of benzene rings is 2. The van der Waals surface area contributed by atoms with Crippen LogP contribution in [0.15, 0.2) is 60.7 Å². The maximum atomic E-state index is 14.3. The molecule has 4 rings (SSSR count). The highest BCUT2D eigenvalue weighted by atomic mass is 31.2. The largest absolute Gasteiger partial charge is 0.465 e. The van der Waals surface area contributed by atoms with Crippen molar-refractivity contribution in [1.29, 1.82) is 0 Å². The molecule has 0 spiro atoms. The molecule has 2 N–H and O–H groups in total. The fourth-order valence-electron chi connectivity index (χ4n) is 7.24. The van der Waals surface area contributed by atoms with Gasteiger partial charge in [-0.15, -0.1) is 0 Å². The third kappa shape index (κ3) is 14.8. The molecule has 1 amide bonds. The van der Waals surface area contributed by atoms with Crippen LogP contribution in [0.1, 0.15) is 61.8 Å². The van der Waals surface area contributed by atoms with Crippen molar-refractivity contribution < 1.29 is 105 Å². The summed E-state index contributed by atoms with van der Waals surface area (Å²) in [5.74, 6) is -11.1. The number of nitrogens with zero attached hydrogens (tertiary/aromatic N) is 2. The standard InChI is InChI=1S/C44H58N3O22P/c1-24(48)45-34-31(61-26(3)50)21-44(43(56)58-10,66-38(34)37(63-28(5)52)33(62-27(4)51)22-59-25(2)49)69-67-36-32(23-60-40(54)29-17-13-11-14-18-29)64-42(68-70(57,46(6)7)47(8)9)39(35(36)53)65-41(55)30-19-15-12-16-20-30/h11-20,31-39,42,53H,21-23H2,1-10H3,(H,45,48)/t31-,32+,33+,34+,35-,36-,37+,38+,39+,42-,44+/m0/s1. The van der Waals surface area contributed by atoms with Crippen molar-refractivity contribution in [3.05, 3.63) is 71.8 Å². The maximum absolute atomic E-state index is 14.3. The molecular formula is C44H58N3O22P. The van der Waals surface area contributed by atoms with E-state index in [0.717, 1.165) is 41.7 Å². The number of esters is 7. The minimum absolute atomic E-state index is 0.0101. The van der Waals surface area contributed by atoms with Gasteiger partial charge in [0, 0.05) is 34.6 Å². The first-order chi connectivity index (χ1) is 32.9. The molecule has 70 heavy (non-hydrogen) atoms. The zero-order valence-corrected chi connectivity index (χ0v) is 40.9. The molecular weight excluding hydrogens is 953 g/mol. The van der Waals surface area contributed by atoms with Crippen LogP contribution in [-0.2, 0) is 90.3 Å². The minimum Gasteiger partial charge on any atom is -0.465 e. The quantitative estimate of drug-likeness (QED) is 0.0584. The number of methoxy groups -OCH3 is 1. The van der Waals surface area contributed by atoms with Crippen molar-refractivity contribution in [2.75, 3.05) is 48.5 Å². The Morgan fingerprint density at radius 3 is 1.84 bits per heavy atom. The van der Waals surface area contributed by atoms with Crippen molar-refractivity contribution in [2.24, 2.45) is 0 Å². The zero-order chi connectivity index (χ0) is 52.1. The highest BCUT2D eigenvalue weighted by molar-refractivity contribution is 7.53. The molecule has 2 aliphatic rings. The fourth-order valence-corrected chi connectivity index (χ4v) is 8.77. The van der Waals surface area contributed by atoms with Crippen LogP contribution in [0.3, 0.4) is 0 Å². The van der Waals surface area contributed by atoms with Gasteiger partial charge in [-0.25, -0.2) is 28.6 Å². The molecule has 11 atom stereocenters. The number of nitrogens with one attached hydrogen (secondary N) is 1. The van der Waals surface area contributed by atoms with Crippen LogP contribution in [0.25, 0.3) is 0 Å². The molecule has 0 unspecified atom stereocenters. The first-order valence-corrected chi connectivity index (χ1v) is 22.9. The molecule has 25 nitrogen and oxygen atoms in total. The molecule has 2 saturated heterocycles. The number of hydrogen-bond donors (Lipinski definition) is 2. The molecule has 2 aromatic carbocycles. The van der Waals surface area contributed by atoms with Crippen molar-refractivity contribution >= 4 is 55.4 Å². The van der Waals surface area contributed by atoms with E-state index in [-0.39, 0.29) is 11.1 Å². The van der Waals surface area contributed by atoms with Gasteiger partial charge in [0.1, 0.15) is 37.6 Å². The molecule has 2 heterocycles. The second-order valence-electron chi connectivity index (χ2n) is 16.1. The Morgan fingerprint density at radius 1 is 0.771 bits per heavy atom. The lowest BCUT2D eigenvalue weighted by molar-refractivity contribution is -0.476. The van der Waals surface area contributed by atoms with E-state index in [0.29, 0.717) is 0 Å². The van der Waals surface area contributed by atoms with Crippen LogP contribution in [0.4, 0.5) is 0 Å². The van der Waals surface area contributed by atoms with Gasteiger partial charge in [-0.1, -0.05) is 36.4 Å². The Balaban J connectivity index is 1.91. The van der Waals surface area contributed by atoms with Gasteiger partial charge in [0.15, 0.2) is 24.4 Å². The summed E-state index contributed by atoms with van der Waals surface area (Å²) in [5, 5.41) is 14.8.